The van der Waals surface area contributed by atoms with E-state index < -0.39 is 0 Å². The molecule has 1 N–H and O–H groups in total. The van der Waals surface area contributed by atoms with E-state index in [0.717, 1.165) is 5.92 Å². The van der Waals surface area contributed by atoms with Crippen LogP contribution in [0.25, 0.3) is 0 Å². The molecule has 1 spiro atoms. The van der Waals surface area contributed by atoms with Crippen molar-refractivity contribution in [2.24, 2.45) is 17.3 Å². The Labute approximate surface area is 81.5 Å². The first kappa shape index (κ1) is 9.51. The second kappa shape index (κ2) is 3.61. The minimum absolute atomic E-state index is 0.429. The van der Waals surface area contributed by atoms with Crippen LogP contribution in [-0.2, 0) is 0 Å². The lowest BCUT2D eigenvalue weighted by Crippen LogP contribution is -2.13. The van der Waals surface area contributed by atoms with Gasteiger partial charge in [0, 0.05) is 6.61 Å². The summed E-state index contributed by atoms with van der Waals surface area (Å²) < 4.78 is 0. The highest BCUT2D eigenvalue weighted by atomic mass is 16.3. The molecule has 2 saturated carbocycles. The average molecular weight is 182 g/mol. The van der Waals surface area contributed by atoms with Crippen LogP contribution in [-0.4, -0.2) is 11.7 Å². The van der Waals surface area contributed by atoms with Crippen molar-refractivity contribution in [1.82, 2.24) is 0 Å². The fourth-order valence-corrected chi connectivity index (χ4v) is 3.57. The summed E-state index contributed by atoms with van der Waals surface area (Å²) in [4.78, 5) is 0. The number of aliphatic hydroxyl groups is 1. The van der Waals surface area contributed by atoms with Crippen LogP contribution in [0.3, 0.4) is 0 Å². The molecule has 2 aliphatic carbocycles. The first-order valence-electron chi connectivity index (χ1n) is 5.89. The standard InChI is InChI=1S/C12H22O/c1-2-10-3-5-12(7-10)6-4-11(8-12)9-13/h10-11,13H,2-9H2,1H3/t10?,11?,12-/m1/s1. The van der Waals surface area contributed by atoms with Gasteiger partial charge in [0.1, 0.15) is 0 Å². The van der Waals surface area contributed by atoms with Crippen molar-refractivity contribution < 1.29 is 5.11 Å². The summed E-state index contributed by atoms with van der Waals surface area (Å²) in [5.41, 5.74) is 0.675. The van der Waals surface area contributed by atoms with Crippen molar-refractivity contribution in [1.29, 1.82) is 0 Å². The zero-order valence-electron chi connectivity index (χ0n) is 8.76. The predicted octanol–water partition coefficient (Wildman–Crippen LogP) is 2.98. The molecule has 3 atom stereocenters. The van der Waals surface area contributed by atoms with Crippen molar-refractivity contribution in [3.8, 4) is 0 Å². The molecule has 1 nitrogen and oxygen atoms in total. The topological polar surface area (TPSA) is 20.2 Å². The van der Waals surface area contributed by atoms with Gasteiger partial charge in [0.25, 0.3) is 0 Å². The molecular formula is C12H22O. The van der Waals surface area contributed by atoms with Gasteiger partial charge in [-0.3, -0.25) is 0 Å². The maximum Gasteiger partial charge on any atom is 0.0459 e. The van der Waals surface area contributed by atoms with Gasteiger partial charge in [0.05, 0.1) is 0 Å². The van der Waals surface area contributed by atoms with Crippen molar-refractivity contribution in [3.63, 3.8) is 0 Å². The maximum absolute atomic E-state index is 9.13. The van der Waals surface area contributed by atoms with Crippen LogP contribution >= 0.6 is 0 Å². The van der Waals surface area contributed by atoms with Gasteiger partial charge >= 0.3 is 0 Å². The minimum Gasteiger partial charge on any atom is -0.396 e. The summed E-state index contributed by atoms with van der Waals surface area (Å²) in [6.07, 6.45) is 9.73. The second-order valence-electron chi connectivity index (χ2n) is 5.31. The third-order valence-electron chi connectivity index (χ3n) is 4.44. The van der Waals surface area contributed by atoms with E-state index >= 15 is 0 Å². The van der Waals surface area contributed by atoms with Crippen LogP contribution in [0.1, 0.15) is 51.9 Å². The number of hydrogen-bond donors (Lipinski definition) is 1. The molecule has 0 radical (unpaired) electrons. The van der Waals surface area contributed by atoms with Crippen molar-refractivity contribution in [3.05, 3.63) is 0 Å². The molecule has 2 rings (SSSR count). The Bertz CT molecular complexity index is 156. The van der Waals surface area contributed by atoms with E-state index in [0.29, 0.717) is 17.9 Å². The molecule has 76 valence electrons. The normalized spacial score (nSPS) is 44.8. The Balaban J connectivity index is 1.93. The number of rotatable bonds is 2. The van der Waals surface area contributed by atoms with E-state index in [9.17, 15) is 0 Å². The van der Waals surface area contributed by atoms with Crippen LogP contribution in [0.15, 0.2) is 0 Å². The van der Waals surface area contributed by atoms with Crippen LogP contribution < -0.4 is 0 Å². The quantitative estimate of drug-likeness (QED) is 0.696. The summed E-state index contributed by atoms with van der Waals surface area (Å²) in [6.45, 7) is 2.75. The minimum atomic E-state index is 0.429. The first-order valence-corrected chi connectivity index (χ1v) is 5.89. The third-order valence-corrected chi connectivity index (χ3v) is 4.44. The van der Waals surface area contributed by atoms with Crippen molar-refractivity contribution >= 4 is 0 Å². The molecule has 2 fully saturated rings. The predicted molar refractivity (Wildman–Crippen MR) is 54.5 cm³/mol. The Morgan fingerprint density at radius 2 is 1.77 bits per heavy atom. The summed E-state index contributed by atoms with van der Waals surface area (Å²) in [6, 6.07) is 0. The summed E-state index contributed by atoms with van der Waals surface area (Å²) >= 11 is 0. The van der Waals surface area contributed by atoms with Gasteiger partial charge in [0.15, 0.2) is 0 Å². The van der Waals surface area contributed by atoms with E-state index in [4.69, 9.17) is 5.11 Å². The van der Waals surface area contributed by atoms with E-state index in [1.54, 1.807) is 0 Å². The van der Waals surface area contributed by atoms with Gasteiger partial charge in [-0.1, -0.05) is 13.3 Å². The Morgan fingerprint density at radius 3 is 2.23 bits per heavy atom. The Kier molecular flexibility index (Phi) is 2.64. The zero-order valence-corrected chi connectivity index (χ0v) is 8.76. The second-order valence-corrected chi connectivity index (χ2v) is 5.31. The molecule has 0 saturated heterocycles. The largest absolute Gasteiger partial charge is 0.396 e. The highest BCUT2D eigenvalue weighted by Gasteiger charge is 2.43. The third kappa shape index (κ3) is 1.76. The average Bonchev–Trinajstić information content (AvgIpc) is 2.74. The van der Waals surface area contributed by atoms with Gasteiger partial charge in [-0.2, -0.15) is 0 Å². The lowest BCUT2D eigenvalue weighted by molar-refractivity contribution is 0.206. The van der Waals surface area contributed by atoms with Crippen LogP contribution in [0.4, 0.5) is 0 Å². The van der Waals surface area contributed by atoms with Crippen molar-refractivity contribution in [2.75, 3.05) is 6.61 Å². The van der Waals surface area contributed by atoms with E-state index in [1.165, 1.54) is 44.9 Å². The summed E-state index contributed by atoms with van der Waals surface area (Å²) in [5.74, 6) is 1.63. The molecule has 0 aromatic heterocycles. The molecule has 2 unspecified atom stereocenters. The monoisotopic (exact) mass is 182 g/mol. The van der Waals surface area contributed by atoms with Gasteiger partial charge in [-0.05, 0) is 55.8 Å². The van der Waals surface area contributed by atoms with E-state index in [2.05, 4.69) is 6.92 Å². The molecule has 2 aliphatic rings. The zero-order chi connectivity index (χ0) is 9.31. The van der Waals surface area contributed by atoms with E-state index in [-0.39, 0.29) is 0 Å². The molecule has 0 bridgehead atoms. The van der Waals surface area contributed by atoms with Gasteiger partial charge in [0.2, 0.25) is 0 Å². The van der Waals surface area contributed by atoms with Gasteiger partial charge < -0.3 is 5.11 Å². The highest BCUT2D eigenvalue weighted by Crippen LogP contribution is 2.54. The Morgan fingerprint density at radius 1 is 1.15 bits per heavy atom. The molecule has 0 aromatic rings. The lowest BCUT2D eigenvalue weighted by Gasteiger charge is -2.23. The van der Waals surface area contributed by atoms with Gasteiger partial charge in [-0.15, -0.1) is 0 Å². The van der Waals surface area contributed by atoms with Crippen LogP contribution in [0.5, 0.6) is 0 Å². The van der Waals surface area contributed by atoms with E-state index in [1.807, 2.05) is 0 Å². The summed E-state index contributed by atoms with van der Waals surface area (Å²) in [7, 11) is 0. The van der Waals surface area contributed by atoms with Crippen LogP contribution in [0, 0.1) is 17.3 Å². The fraction of sp³-hybridized carbons (Fsp3) is 1.00. The molecule has 13 heavy (non-hydrogen) atoms. The Hall–Kier alpha value is -0.0400. The molecule has 0 amide bonds. The lowest BCUT2D eigenvalue weighted by atomic mass is 9.82. The summed E-state index contributed by atoms with van der Waals surface area (Å²) in [5, 5.41) is 9.13. The molecule has 0 aromatic carbocycles. The maximum atomic E-state index is 9.13. The SMILES string of the molecule is CCC1CC[C@@]2(CCC(CO)C2)C1. The first-order chi connectivity index (χ1) is 6.28. The van der Waals surface area contributed by atoms with Gasteiger partial charge in [-0.25, -0.2) is 0 Å². The molecule has 0 aliphatic heterocycles. The van der Waals surface area contributed by atoms with Crippen LogP contribution in [0.2, 0.25) is 0 Å². The highest BCUT2D eigenvalue weighted by molar-refractivity contribution is 4.94. The number of hydrogen-bond acceptors (Lipinski definition) is 1. The molecular weight excluding hydrogens is 160 g/mol. The molecule has 1 heteroatoms. The fourth-order valence-electron chi connectivity index (χ4n) is 3.57. The van der Waals surface area contributed by atoms with Crippen molar-refractivity contribution in [2.45, 2.75) is 51.9 Å². The smallest absolute Gasteiger partial charge is 0.0459 e. The number of aliphatic hydroxyl groups excluding tert-OH is 1. The molecule has 0 heterocycles.